The number of nitrogens with zero attached hydrogens (tertiary/aromatic N) is 2. The van der Waals surface area contributed by atoms with Crippen molar-refractivity contribution >= 4 is 17.5 Å². The number of amides is 1. The minimum absolute atomic E-state index is 0.148. The Labute approximate surface area is 143 Å². The molecule has 1 aromatic carbocycles. The monoisotopic (exact) mass is 336 g/mol. The zero-order chi connectivity index (χ0) is 16.2. The number of hydrogen-bond acceptors (Lipinski definition) is 3. The highest BCUT2D eigenvalue weighted by molar-refractivity contribution is 6.30. The Kier molecular flexibility index (Phi) is 5.57. The Bertz CT molecular complexity index is 528. The van der Waals surface area contributed by atoms with Gasteiger partial charge >= 0.3 is 0 Å². The normalized spacial score (nSPS) is 25.2. The van der Waals surface area contributed by atoms with Crippen LogP contribution in [-0.2, 0) is 11.2 Å². The summed E-state index contributed by atoms with van der Waals surface area (Å²) in [6.45, 7) is 4.95. The highest BCUT2D eigenvalue weighted by atomic mass is 35.5. The van der Waals surface area contributed by atoms with Crippen molar-refractivity contribution in [2.75, 3.05) is 39.3 Å². The Morgan fingerprint density at radius 1 is 1.13 bits per heavy atom. The summed E-state index contributed by atoms with van der Waals surface area (Å²) >= 11 is 5.89. The summed E-state index contributed by atoms with van der Waals surface area (Å²) in [5, 5.41) is 10.3. The lowest BCUT2D eigenvalue weighted by Crippen LogP contribution is -2.33. The topological polar surface area (TPSA) is 43.8 Å². The van der Waals surface area contributed by atoms with Crippen LogP contribution in [0.5, 0.6) is 0 Å². The third-order valence-corrected chi connectivity index (χ3v) is 5.38. The zero-order valence-corrected chi connectivity index (χ0v) is 14.2. The predicted octanol–water partition coefficient (Wildman–Crippen LogP) is 2.05. The molecule has 0 unspecified atom stereocenters. The number of halogens is 1. The van der Waals surface area contributed by atoms with Crippen molar-refractivity contribution in [2.45, 2.75) is 19.3 Å². The molecule has 126 valence electrons. The maximum Gasteiger partial charge on any atom is 0.227 e. The van der Waals surface area contributed by atoms with Crippen LogP contribution in [0.25, 0.3) is 0 Å². The lowest BCUT2D eigenvalue weighted by molar-refractivity contribution is -0.129. The van der Waals surface area contributed by atoms with E-state index in [-0.39, 0.29) is 18.4 Å². The van der Waals surface area contributed by atoms with E-state index in [1.165, 1.54) is 12.8 Å². The number of aliphatic hydroxyl groups excluding tert-OH is 1. The van der Waals surface area contributed by atoms with Gasteiger partial charge in [-0.25, -0.2) is 0 Å². The summed E-state index contributed by atoms with van der Waals surface area (Å²) in [6, 6.07) is 7.45. The molecule has 0 aliphatic carbocycles. The number of benzene rings is 1. The molecule has 1 amide bonds. The largest absolute Gasteiger partial charge is 0.396 e. The van der Waals surface area contributed by atoms with Gasteiger partial charge in [-0.1, -0.05) is 23.7 Å². The van der Waals surface area contributed by atoms with Crippen molar-refractivity contribution < 1.29 is 9.90 Å². The van der Waals surface area contributed by atoms with Crippen LogP contribution in [0.15, 0.2) is 24.3 Å². The van der Waals surface area contributed by atoms with Gasteiger partial charge in [0.05, 0.1) is 6.42 Å². The maximum atomic E-state index is 12.5. The molecule has 0 spiro atoms. The first-order valence-electron chi connectivity index (χ1n) is 8.51. The SMILES string of the molecule is O=C(Cc1ccc(Cl)cc1)N1C[C@@H](CO)[C@@H](CN2CCCC2)C1. The van der Waals surface area contributed by atoms with Gasteiger partial charge < -0.3 is 14.9 Å². The molecule has 2 atom stereocenters. The minimum atomic E-state index is 0.148. The van der Waals surface area contributed by atoms with Gasteiger partial charge in [0.15, 0.2) is 0 Å². The Morgan fingerprint density at radius 3 is 2.43 bits per heavy atom. The van der Waals surface area contributed by atoms with Gasteiger partial charge in [0.2, 0.25) is 5.91 Å². The number of hydrogen-bond donors (Lipinski definition) is 1. The van der Waals surface area contributed by atoms with Crippen molar-refractivity contribution in [1.29, 1.82) is 0 Å². The highest BCUT2D eigenvalue weighted by Crippen LogP contribution is 2.26. The van der Waals surface area contributed by atoms with Crippen LogP contribution in [0, 0.1) is 11.8 Å². The third kappa shape index (κ3) is 4.25. The van der Waals surface area contributed by atoms with Gasteiger partial charge in [0.25, 0.3) is 0 Å². The van der Waals surface area contributed by atoms with Gasteiger partial charge in [-0.3, -0.25) is 4.79 Å². The van der Waals surface area contributed by atoms with E-state index in [9.17, 15) is 9.90 Å². The van der Waals surface area contributed by atoms with Crippen LogP contribution >= 0.6 is 11.6 Å². The summed E-state index contributed by atoms with van der Waals surface area (Å²) in [6.07, 6.45) is 2.96. The first kappa shape index (κ1) is 16.7. The second-order valence-corrected chi connectivity index (χ2v) is 7.25. The second kappa shape index (κ2) is 7.65. The first-order chi connectivity index (χ1) is 11.2. The van der Waals surface area contributed by atoms with Crippen LogP contribution in [-0.4, -0.2) is 60.1 Å². The number of carbonyl (C=O) groups excluding carboxylic acids is 1. The van der Waals surface area contributed by atoms with E-state index in [4.69, 9.17) is 11.6 Å². The number of rotatable bonds is 5. The van der Waals surface area contributed by atoms with Crippen molar-refractivity contribution in [3.63, 3.8) is 0 Å². The molecule has 0 saturated carbocycles. The minimum Gasteiger partial charge on any atom is -0.396 e. The van der Waals surface area contributed by atoms with Crippen LogP contribution in [0.1, 0.15) is 18.4 Å². The smallest absolute Gasteiger partial charge is 0.227 e. The number of aliphatic hydroxyl groups is 1. The molecule has 5 heteroatoms. The lowest BCUT2D eigenvalue weighted by Gasteiger charge is -2.22. The van der Waals surface area contributed by atoms with E-state index < -0.39 is 0 Å². The Hall–Kier alpha value is -1.10. The van der Waals surface area contributed by atoms with Crippen LogP contribution < -0.4 is 0 Å². The standard InChI is InChI=1S/C18H25ClN2O2/c19-17-5-3-14(4-6-17)9-18(23)21-11-15(16(12-21)13-22)10-20-7-1-2-8-20/h3-6,15-16,22H,1-2,7-13H2/t15-,16-/m0/s1. The average molecular weight is 337 g/mol. The van der Waals surface area contributed by atoms with Gasteiger partial charge in [-0.15, -0.1) is 0 Å². The van der Waals surface area contributed by atoms with E-state index in [0.29, 0.717) is 23.9 Å². The molecule has 4 nitrogen and oxygen atoms in total. The molecular formula is C18H25ClN2O2. The van der Waals surface area contributed by atoms with E-state index in [0.717, 1.165) is 31.7 Å². The molecule has 3 rings (SSSR count). The van der Waals surface area contributed by atoms with Crippen LogP contribution in [0.3, 0.4) is 0 Å². The first-order valence-corrected chi connectivity index (χ1v) is 8.89. The predicted molar refractivity (Wildman–Crippen MR) is 91.5 cm³/mol. The molecule has 2 aliphatic rings. The van der Waals surface area contributed by atoms with E-state index in [1.54, 1.807) is 0 Å². The fourth-order valence-corrected chi connectivity index (χ4v) is 3.87. The van der Waals surface area contributed by atoms with Crippen molar-refractivity contribution in [1.82, 2.24) is 9.80 Å². The third-order valence-electron chi connectivity index (χ3n) is 5.12. The Morgan fingerprint density at radius 2 is 1.78 bits per heavy atom. The molecule has 2 fully saturated rings. The van der Waals surface area contributed by atoms with Crippen LogP contribution in [0.4, 0.5) is 0 Å². The van der Waals surface area contributed by atoms with Gasteiger partial charge in [-0.2, -0.15) is 0 Å². The van der Waals surface area contributed by atoms with Crippen molar-refractivity contribution in [3.05, 3.63) is 34.9 Å². The molecule has 0 bridgehead atoms. The number of carbonyl (C=O) groups is 1. The fourth-order valence-electron chi connectivity index (χ4n) is 3.74. The molecule has 1 aromatic rings. The summed E-state index contributed by atoms with van der Waals surface area (Å²) in [5.74, 6) is 0.756. The molecule has 2 aliphatic heterocycles. The Balaban J connectivity index is 1.57. The fraction of sp³-hybridized carbons (Fsp3) is 0.611. The summed E-state index contributed by atoms with van der Waals surface area (Å²) in [5.41, 5.74) is 0.989. The van der Waals surface area contributed by atoms with Gasteiger partial charge in [0, 0.05) is 37.2 Å². The summed E-state index contributed by atoms with van der Waals surface area (Å²) in [7, 11) is 0. The zero-order valence-electron chi connectivity index (χ0n) is 13.5. The molecule has 2 saturated heterocycles. The molecule has 1 N–H and O–H groups in total. The quantitative estimate of drug-likeness (QED) is 0.895. The molecule has 0 aromatic heterocycles. The van der Waals surface area contributed by atoms with Gasteiger partial charge in [0.1, 0.15) is 0 Å². The average Bonchev–Trinajstić information content (AvgIpc) is 3.19. The maximum absolute atomic E-state index is 12.5. The molecule has 2 heterocycles. The molecular weight excluding hydrogens is 312 g/mol. The molecule has 23 heavy (non-hydrogen) atoms. The van der Waals surface area contributed by atoms with Gasteiger partial charge in [-0.05, 0) is 49.5 Å². The second-order valence-electron chi connectivity index (χ2n) is 6.81. The van der Waals surface area contributed by atoms with E-state index >= 15 is 0 Å². The van der Waals surface area contributed by atoms with Crippen molar-refractivity contribution in [2.24, 2.45) is 11.8 Å². The van der Waals surface area contributed by atoms with E-state index in [2.05, 4.69) is 4.90 Å². The van der Waals surface area contributed by atoms with Crippen molar-refractivity contribution in [3.8, 4) is 0 Å². The lowest BCUT2D eigenvalue weighted by atomic mass is 9.96. The molecule has 0 radical (unpaired) electrons. The van der Waals surface area contributed by atoms with E-state index in [1.807, 2.05) is 29.2 Å². The number of likely N-dealkylation sites (tertiary alicyclic amines) is 2. The summed E-state index contributed by atoms with van der Waals surface area (Å²) in [4.78, 5) is 16.9. The van der Waals surface area contributed by atoms with Crippen LogP contribution in [0.2, 0.25) is 5.02 Å². The highest BCUT2D eigenvalue weighted by Gasteiger charge is 2.35. The summed E-state index contributed by atoms with van der Waals surface area (Å²) < 4.78 is 0.